The second kappa shape index (κ2) is 6.57. The molecule has 0 unspecified atom stereocenters. The number of rotatable bonds is 6. The van der Waals surface area contributed by atoms with Crippen LogP contribution in [-0.2, 0) is 9.59 Å². The predicted octanol–water partition coefficient (Wildman–Crippen LogP) is 1.76. The number of ketones is 1. The fourth-order valence-corrected chi connectivity index (χ4v) is 1.18. The molecule has 0 saturated carbocycles. The van der Waals surface area contributed by atoms with Crippen LogP contribution in [0.2, 0.25) is 0 Å². The minimum absolute atomic E-state index is 0.0499. The minimum Gasteiger partial charge on any atom is -0.359 e. The molecule has 0 saturated heterocycles. The van der Waals surface area contributed by atoms with Crippen LogP contribution in [0, 0.1) is 11.8 Å². The monoisotopic (exact) mass is 199 g/mol. The van der Waals surface area contributed by atoms with E-state index in [1.54, 1.807) is 7.05 Å². The molecule has 0 spiro atoms. The second-order valence-corrected chi connectivity index (χ2v) is 4.14. The van der Waals surface area contributed by atoms with Gasteiger partial charge in [0.15, 0.2) is 0 Å². The summed E-state index contributed by atoms with van der Waals surface area (Å²) in [7, 11) is 1.63. The molecule has 0 radical (unpaired) electrons. The summed E-state index contributed by atoms with van der Waals surface area (Å²) < 4.78 is 0. The topological polar surface area (TPSA) is 46.2 Å². The molecule has 1 N–H and O–H groups in total. The molecule has 3 nitrogen and oxygen atoms in total. The Morgan fingerprint density at radius 3 is 2.21 bits per heavy atom. The summed E-state index contributed by atoms with van der Waals surface area (Å²) >= 11 is 0. The Bertz CT molecular complexity index is 199. The van der Waals surface area contributed by atoms with Gasteiger partial charge in [0, 0.05) is 25.8 Å². The molecule has 14 heavy (non-hydrogen) atoms. The molecule has 1 amide bonds. The summed E-state index contributed by atoms with van der Waals surface area (Å²) in [5.74, 6) is 0.753. The molecule has 0 aliphatic rings. The van der Waals surface area contributed by atoms with Gasteiger partial charge in [-0.2, -0.15) is 0 Å². The van der Waals surface area contributed by atoms with Crippen LogP contribution in [0.4, 0.5) is 0 Å². The lowest BCUT2D eigenvalue weighted by Gasteiger charge is -2.11. The van der Waals surface area contributed by atoms with E-state index in [4.69, 9.17) is 0 Å². The summed E-state index contributed by atoms with van der Waals surface area (Å²) in [6.45, 7) is 5.84. The van der Waals surface area contributed by atoms with Gasteiger partial charge in [-0.1, -0.05) is 20.8 Å². The Morgan fingerprint density at radius 2 is 1.79 bits per heavy atom. The first-order valence-electron chi connectivity index (χ1n) is 5.20. The number of carbonyl (C=O) groups is 2. The summed E-state index contributed by atoms with van der Waals surface area (Å²) in [5, 5.41) is 2.57. The van der Waals surface area contributed by atoms with Crippen LogP contribution in [0.5, 0.6) is 0 Å². The molecule has 0 aromatic carbocycles. The highest BCUT2D eigenvalue weighted by atomic mass is 16.1. The van der Waals surface area contributed by atoms with Crippen LogP contribution < -0.4 is 5.32 Å². The van der Waals surface area contributed by atoms with Crippen LogP contribution in [0.1, 0.15) is 40.0 Å². The van der Waals surface area contributed by atoms with E-state index in [-0.39, 0.29) is 17.6 Å². The number of carbonyl (C=O) groups excluding carboxylic acids is 2. The van der Waals surface area contributed by atoms with E-state index >= 15 is 0 Å². The van der Waals surface area contributed by atoms with Gasteiger partial charge in [0.2, 0.25) is 5.91 Å². The van der Waals surface area contributed by atoms with E-state index in [1.165, 1.54) is 0 Å². The quantitative estimate of drug-likeness (QED) is 0.708. The zero-order valence-electron chi connectivity index (χ0n) is 9.59. The number of amides is 1. The highest BCUT2D eigenvalue weighted by molar-refractivity contribution is 5.80. The molecule has 0 rings (SSSR count). The van der Waals surface area contributed by atoms with Gasteiger partial charge < -0.3 is 5.32 Å². The molecule has 3 heteroatoms. The van der Waals surface area contributed by atoms with Crippen molar-refractivity contribution in [1.29, 1.82) is 0 Å². The third kappa shape index (κ3) is 5.73. The van der Waals surface area contributed by atoms with Crippen molar-refractivity contribution >= 4 is 11.7 Å². The fourth-order valence-electron chi connectivity index (χ4n) is 1.18. The van der Waals surface area contributed by atoms with Gasteiger partial charge in [0.05, 0.1) is 0 Å². The van der Waals surface area contributed by atoms with Crippen molar-refractivity contribution < 1.29 is 9.59 Å². The van der Waals surface area contributed by atoms with E-state index in [2.05, 4.69) is 5.32 Å². The van der Waals surface area contributed by atoms with Gasteiger partial charge in [-0.25, -0.2) is 0 Å². The Kier molecular flexibility index (Phi) is 6.17. The third-order valence-electron chi connectivity index (χ3n) is 2.34. The third-order valence-corrected chi connectivity index (χ3v) is 2.34. The van der Waals surface area contributed by atoms with Crippen molar-refractivity contribution in [3.63, 3.8) is 0 Å². The number of hydrogen-bond donors (Lipinski definition) is 1. The Hall–Kier alpha value is -0.860. The van der Waals surface area contributed by atoms with E-state index < -0.39 is 0 Å². The van der Waals surface area contributed by atoms with Crippen LogP contribution in [-0.4, -0.2) is 18.7 Å². The lowest BCUT2D eigenvalue weighted by atomic mass is 9.94. The zero-order valence-corrected chi connectivity index (χ0v) is 9.59. The van der Waals surface area contributed by atoms with Gasteiger partial charge in [-0.3, -0.25) is 9.59 Å². The van der Waals surface area contributed by atoms with Gasteiger partial charge in [-0.15, -0.1) is 0 Å². The van der Waals surface area contributed by atoms with Crippen molar-refractivity contribution in [2.24, 2.45) is 11.8 Å². The average Bonchev–Trinajstić information content (AvgIpc) is 2.13. The van der Waals surface area contributed by atoms with Crippen molar-refractivity contribution in [3.8, 4) is 0 Å². The maximum Gasteiger partial charge on any atom is 0.219 e. The first-order valence-corrected chi connectivity index (χ1v) is 5.20. The van der Waals surface area contributed by atoms with E-state index in [0.717, 1.165) is 6.42 Å². The molecule has 0 aliphatic heterocycles. The average molecular weight is 199 g/mol. The summed E-state index contributed by atoms with van der Waals surface area (Å²) in [4.78, 5) is 22.3. The van der Waals surface area contributed by atoms with Gasteiger partial charge in [0.25, 0.3) is 0 Å². The minimum atomic E-state index is 0.0499. The molecular weight excluding hydrogens is 178 g/mol. The molecule has 0 aromatic rings. The molecule has 1 atom stereocenters. The van der Waals surface area contributed by atoms with Gasteiger partial charge in [0.1, 0.15) is 5.78 Å². The van der Waals surface area contributed by atoms with Gasteiger partial charge >= 0.3 is 0 Å². The predicted molar refractivity (Wildman–Crippen MR) is 56.9 cm³/mol. The van der Waals surface area contributed by atoms with Crippen LogP contribution in [0.15, 0.2) is 0 Å². The lowest BCUT2D eigenvalue weighted by molar-refractivity contribution is -0.124. The summed E-state index contributed by atoms with van der Waals surface area (Å²) in [6.07, 6.45) is 1.90. The standard InChI is InChI=1S/C11H21NO2/c1-8(2)10(13)7-9(3)5-6-11(14)12-4/h8-9H,5-7H2,1-4H3,(H,12,14)/t9-/m1/s1. The summed E-state index contributed by atoms with van der Waals surface area (Å²) in [5.41, 5.74) is 0. The lowest BCUT2D eigenvalue weighted by Crippen LogP contribution is -2.19. The highest BCUT2D eigenvalue weighted by Crippen LogP contribution is 2.13. The first kappa shape index (κ1) is 13.1. The van der Waals surface area contributed by atoms with Crippen LogP contribution >= 0.6 is 0 Å². The van der Waals surface area contributed by atoms with E-state index in [9.17, 15) is 9.59 Å². The maximum absolute atomic E-state index is 11.4. The first-order chi connectivity index (χ1) is 6.47. The summed E-state index contributed by atoms with van der Waals surface area (Å²) in [6, 6.07) is 0. The molecule has 82 valence electrons. The normalized spacial score (nSPS) is 12.6. The largest absolute Gasteiger partial charge is 0.359 e. The van der Waals surface area contributed by atoms with Crippen LogP contribution in [0.3, 0.4) is 0 Å². The molecule has 0 aliphatic carbocycles. The van der Waals surface area contributed by atoms with E-state index in [0.29, 0.717) is 18.8 Å². The number of hydrogen-bond acceptors (Lipinski definition) is 2. The Morgan fingerprint density at radius 1 is 1.21 bits per heavy atom. The van der Waals surface area contributed by atoms with Gasteiger partial charge in [-0.05, 0) is 12.3 Å². The molecular formula is C11H21NO2. The van der Waals surface area contributed by atoms with Crippen molar-refractivity contribution in [2.45, 2.75) is 40.0 Å². The number of nitrogens with one attached hydrogen (secondary N) is 1. The SMILES string of the molecule is CNC(=O)CC[C@@H](C)CC(=O)C(C)C. The fraction of sp³-hybridized carbons (Fsp3) is 0.818. The van der Waals surface area contributed by atoms with Crippen molar-refractivity contribution in [3.05, 3.63) is 0 Å². The zero-order chi connectivity index (χ0) is 11.1. The second-order valence-electron chi connectivity index (χ2n) is 4.14. The van der Waals surface area contributed by atoms with Crippen LogP contribution in [0.25, 0.3) is 0 Å². The molecule has 0 aromatic heterocycles. The Balaban J connectivity index is 3.70. The Labute approximate surface area is 86.3 Å². The van der Waals surface area contributed by atoms with Crippen molar-refractivity contribution in [1.82, 2.24) is 5.32 Å². The molecule has 0 fully saturated rings. The highest BCUT2D eigenvalue weighted by Gasteiger charge is 2.13. The smallest absolute Gasteiger partial charge is 0.219 e. The number of Topliss-reactive ketones (excluding diaryl/α,β-unsaturated/α-hetero) is 1. The van der Waals surface area contributed by atoms with Crippen molar-refractivity contribution in [2.75, 3.05) is 7.05 Å². The molecule has 0 heterocycles. The molecule has 0 bridgehead atoms. The maximum atomic E-state index is 11.4. The van der Waals surface area contributed by atoms with E-state index in [1.807, 2.05) is 20.8 Å².